The Morgan fingerprint density at radius 1 is 1.33 bits per heavy atom. The summed E-state index contributed by atoms with van der Waals surface area (Å²) < 4.78 is 11.1. The fraction of sp³-hybridized carbons (Fsp3) is 0.706. The second-order valence-electron chi connectivity index (χ2n) is 6.33. The molecule has 1 aliphatic carbocycles. The molecule has 0 bridgehead atoms. The Morgan fingerprint density at radius 3 is 2.83 bits per heavy atom. The van der Waals surface area contributed by atoms with Crippen LogP contribution in [0.3, 0.4) is 0 Å². The molecule has 132 valence electrons. The summed E-state index contributed by atoms with van der Waals surface area (Å²) in [6.07, 6.45) is 4.36. The zero-order valence-corrected chi connectivity index (χ0v) is 14.3. The van der Waals surface area contributed by atoms with Crippen molar-refractivity contribution >= 4 is 11.7 Å². The third-order valence-corrected chi connectivity index (χ3v) is 4.51. The van der Waals surface area contributed by atoms with Gasteiger partial charge in [-0.25, -0.2) is 4.98 Å². The normalized spacial score (nSPS) is 18.6. The first-order valence-corrected chi connectivity index (χ1v) is 8.81. The number of aromatic nitrogens is 2. The van der Waals surface area contributed by atoms with Crippen molar-refractivity contribution in [1.82, 2.24) is 15.3 Å². The number of carbonyl (C=O) groups excluding carboxylic acids is 1. The summed E-state index contributed by atoms with van der Waals surface area (Å²) in [5.74, 6) is 2.46. The maximum Gasteiger partial charge on any atom is 0.223 e. The van der Waals surface area contributed by atoms with Crippen molar-refractivity contribution in [3.63, 3.8) is 0 Å². The van der Waals surface area contributed by atoms with Gasteiger partial charge < -0.3 is 19.7 Å². The maximum absolute atomic E-state index is 12.0. The Bertz CT molecular complexity index is 555. The van der Waals surface area contributed by atoms with Crippen LogP contribution in [-0.4, -0.2) is 55.3 Å². The molecule has 0 unspecified atom stereocenters. The third kappa shape index (κ3) is 4.56. The van der Waals surface area contributed by atoms with Gasteiger partial charge in [0.2, 0.25) is 11.8 Å². The molecule has 1 aliphatic heterocycles. The number of rotatable bonds is 6. The van der Waals surface area contributed by atoms with Gasteiger partial charge in [-0.1, -0.05) is 12.8 Å². The number of nitrogens with one attached hydrogen (secondary N) is 1. The summed E-state index contributed by atoms with van der Waals surface area (Å²) in [6, 6.07) is 1.86. The van der Waals surface area contributed by atoms with Crippen LogP contribution in [0.15, 0.2) is 6.07 Å². The number of nitrogens with zero attached hydrogens (tertiary/aromatic N) is 3. The van der Waals surface area contributed by atoms with Crippen molar-refractivity contribution < 1.29 is 14.3 Å². The van der Waals surface area contributed by atoms with Gasteiger partial charge in [0.15, 0.2) is 0 Å². The Labute approximate surface area is 142 Å². The van der Waals surface area contributed by atoms with E-state index in [9.17, 15) is 4.79 Å². The van der Waals surface area contributed by atoms with Gasteiger partial charge in [-0.15, -0.1) is 0 Å². The molecule has 1 N–H and O–H groups in total. The molecule has 1 amide bonds. The Morgan fingerprint density at radius 2 is 2.08 bits per heavy atom. The van der Waals surface area contributed by atoms with Crippen molar-refractivity contribution in [3.05, 3.63) is 11.9 Å². The van der Waals surface area contributed by atoms with Crippen molar-refractivity contribution in [2.75, 3.05) is 44.4 Å². The van der Waals surface area contributed by atoms with E-state index in [1.165, 1.54) is 12.8 Å². The highest BCUT2D eigenvalue weighted by molar-refractivity contribution is 5.78. The van der Waals surface area contributed by atoms with E-state index < -0.39 is 0 Å². The molecule has 0 radical (unpaired) electrons. The van der Waals surface area contributed by atoms with E-state index >= 15 is 0 Å². The third-order valence-electron chi connectivity index (χ3n) is 4.51. The largest absolute Gasteiger partial charge is 0.476 e. The SMILES string of the molecule is Cc1nc(OCCNC(=O)C2CCCC2)cc(N2CCOCC2)n1. The van der Waals surface area contributed by atoms with Crippen LogP contribution in [0.1, 0.15) is 31.5 Å². The van der Waals surface area contributed by atoms with Gasteiger partial charge in [-0.3, -0.25) is 4.79 Å². The fourth-order valence-electron chi connectivity index (χ4n) is 3.22. The van der Waals surface area contributed by atoms with Gasteiger partial charge in [0.1, 0.15) is 18.2 Å². The fourth-order valence-corrected chi connectivity index (χ4v) is 3.22. The highest BCUT2D eigenvalue weighted by atomic mass is 16.5. The number of carbonyl (C=O) groups is 1. The molecular formula is C17H26N4O3. The molecule has 1 saturated carbocycles. The highest BCUT2D eigenvalue weighted by Crippen LogP contribution is 2.24. The van der Waals surface area contributed by atoms with Crippen LogP contribution >= 0.6 is 0 Å². The van der Waals surface area contributed by atoms with Crippen LogP contribution in [0.2, 0.25) is 0 Å². The van der Waals surface area contributed by atoms with Gasteiger partial charge >= 0.3 is 0 Å². The molecular weight excluding hydrogens is 308 g/mol. The smallest absolute Gasteiger partial charge is 0.223 e. The number of ether oxygens (including phenoxy) is 2. The molecule has 0 atom stereocenters. The summed E-state index contributed by atoms with van der Waals surface area (Å²) in [6.45, 7) is 5.86. The summed E-state index contributed by atoms with van der Waals surface area (Å²) in [7, 11) is 0. The number of hydrogen-bond donors (Lipinski definition) is 1. The van der Waals surface area contributed by atoms with Crippen molar-refractivity contribution in [1.29, 1.82) is 0 Å². The van der Waals surface area contributed by atoms with Crippen LogP contribution < -0.4 is 15.0 Å². The first kappa shape index (κ1) is 17.0. The average Bonchev–Trinajstić information content (AvgIpc) is 3.14. The minimum Gasteiger partial charge on any atom is -0.476 e. The van der Waals surface area contributed by atoms with Crippen LogP contribution in [0.25, 0.3) is 0 Å². The van der Waals surface area contributed by atoms with Crippen LogP contribution in [0.5, 0.6) is 5.88 Å². The predicted molar refractivity (Wildman–Crippen MR) is 90.3 cm³/mol. The predicted octanol–water partition coefficient (Wildman–Crippen LogP) is 1.31. The van der Waals surface area contributed by atoms with E-state index in [4.69, 9.17) is 9.47 Å². The maximum atomic E-state index is 12.0. The molecule has 7 nitrogen and oxygen atoms in total. The standard InChI is InChI=1S/C17H26N4O3/c1-13-19-15(21-7-10-23-11-8-21)12-16(20-13)24-9-6-18-17(22)14-4-2-3-5-14/h12,14H,2-11H2,1H3,(H,18,22). The van der Waals surface area contributed by atoms with Crippen molar-refractivity contribution in [2.45, 2.75) is 32.6 Å². The monoisotopic (exact) mass is 334 g/mol. The second-order valence-corrected chi connectivity index (χ2v) is 6.33. The summed E-state index contributed by atoms with van der Waals surface area (Å²) >= 11 is 0. The van der Waals surface area contributed by atoms with E-state index in [0.717, 1.165) is 31.7 Å². The van der Waals surface area contributed by atoms with Gasteiger partial charge in [0.05, 0.1) is 19.8 Å². The van der Waals surface area contributed by atoms with Gasteiger partial charge in [0, 0.05) is 25.1 Å². The highest BCUT2D eigenvalue weighted by Gasteiger charge is 2.22. The molecule has 2 aliphatic rings. The van der Waals surface area contributed by atoms with Crippen LogP contribution in [0.4, 0.5) is 5.82 Å². The topological polar surface area (TPSA) is 76.6 Å². The number of anilines is 1. The number of amides is 1. The zero-order valence-electron chi connectivity index (χ0n) is 14.3. The summed E-state index contributed by atoms with van der Waals surface area (Å²) in [4.78, 5) is 22.9. The van der Waals surface area contributed by atoms with E-state index in [1.807, 2.05) is 13.0 Å². The Balaban J connectivity index is 1.47. The summed E-state index contributed by atoms with van der Waals surface area (Å²) in [5.41, 5.74) is 0. The lowest BCUT2D eigenvalue weighted by Crippen LogP contribution is -2.37. The minimum absolute atomic E-state index is 0.156. The van der Waals surface area contributed by atoms with Gasteiger partial charge in [-0.2, -0.15) is 4.98 Å². The summed E-state index contributed by atoms with van der Waals surface area (Å²) in [5, 5.41) is 2.95. The first-order chi connectivity index (χ1) is 11.7. The zero-order chi connectivity index (χ0) is 16.8. The van der Waals surface area contributed by atoms with Gasteiger partial charge in [-0.05, 0) is 19.8 Å². The van der Waals surface area contributed by atoms with Crippen molar-refractivity contribution in [2.24, 2.45) is 5.92 Å². The van der Waals surface area contributed by atoms with Crippen LogP contribution in [0, 0.1) is 12.8 Å². The van der Waals surface area contributed by atoms with E-state index in [1.54, 1.807) is 0 Å². The van der Waals surface area contributed by atoms with E-state index in [0.29, 0.717) is 38.1 Å². The molecule has 2 fully saturated rings. The molecule has 2 heterocycles. The molecule has 0 spiro atoms. The lowest BCUT2D eigenvalue weighted by atomic mass is 10.1. The molecule has 24 heavy (non-hydrogen) atoms. The molecule has 7 heteroatoms. The molecule has 1 saturated heterocycles. The molecule has 0 aromatic carbocycles. The number of hydrogen-bond acceptors (Lipinski definition) is 6. The molecule has 3 rings (SSSR count). The Kier molecular flexibility index (Phi) is 5.85. The number of aryl methyl sites for hydroxylation is 1. The molecule has 1 aromatic rings. The number of morpholine rings is 1. The lowest BCUT2D eigenvalue weighted by molar-refractivity contribution is -0.124. The lowest BCUT2D eigenvalue weighted by Gasteiger charge is -2.28. The van der Waals surface area contributed by atoms with Gasteiger partial charge in [0.25, 0.3) is 0 Å². The second kappa shape index (κ2) is 8.28. The van der Waals surface area contributed by atoms with Crippen molar-refractivity contribution in [3.8, 4) is 5.88 Å². The van der Waals surface area contributed by atoms with Crippen LogP contribution in [-0.2, 0) is 9.53 Å². The average molecular weight is 334 g/mol. The minimum atomic E-state index is 0.156. The quantitative estimate of drug-likeness (QED) is 0.791. The molecule has 1 aromatic heterocycles. The van der Waals surface area contributed by atoms with E-state index in [-0.39, 0.29) is 11.8 Å². The first-order valence-electron chi connectivity index (χ1n) is 8.81. The van der Waals surface area contributed by atoms with E-state index in [2.05, 4.69) is 20.2 Å². The Hall–Kier alpha value is -1.89.